The summed E-state index contributed by atoms with van der Waals surface area (Å²) < 4.78 is 0. The van der Waals surface area contributed by atoms with Gasteiger partial charge in [-0.2, -0.15) is 0 Å². The van der Waals surface area contributed by atoms with E-state index in [9.17, 15) is 0 Å². The molecule has 2 N–H and O–H groups in total. The Morgan fingerprint density at radius 3 is 1.52 bits per heavy atom. The second-order valence-electron chi connectivity index (χ2n) is 7.31. The molecule has 0 bridgehead atoms. The van der Waals surface area contributed by atoms with E-state index in [1.54, 1.807) is 0 Å². The summed E-state index contributed by atoms with van der Waals surface area (Å²) in [6.07, 6.45) is 10.3. The number of nitrogens with two attached hydrogens (primary N) is 1. The molecule has 0 aliphatic rings. The van der Waals surface area contributed by atoms with Crippen LogP contribution in [0.2, 0.25) is 0 Å². The number of hydrogen-bond acceptors (Lipinski definition) is 1. The van der Waals surface area contributed by atoms with Crippen molar-refractivity contribution in [2.24, 2.45) is 5.73 Å². The van der Waals surface area contributed by atoms with Gasteiger partial charge in [0.1, 0.15) is 0 Å². The van der Waals surface area contributed by atoms with Crippen LogP contribution in [0.3, 0.4) is 0 Å². The Balaban J connectivity index is 2.02. The molecule has 0 heterocycles. The zero-order valence-electron chi connectivity index (χ0n) is 15.5. The van der Waals surface area contributed by atoms with Crippen LogP contribution in [0.1, 0.15) is 44.9 Å². The number of benzene rings is 2. The first-order valence-electron chi connectivity index (χ1n) is 9.61. The van der Waals surface area contributed by atoms with Gasteiger partial charge < -0.3 is 0 Å². The quantitative estimate of drug-likeness (QED) is 0.358. The fourth-order valence-electron chi connectivity index (χ4n) is 3.55. The molecule has 0 aliphatic carbocycles. The van der Waals surface area contributed by atoms with Crippen LogP contribution in [-0.4, -0.2) is 19.4 Å². The van der Waals surface area contributed by atoms with Gasteiger partial charge in [-0.3, -0.25) is 0 Å². The molecule has 0 aromatic heterocycles. The topological polar surface area (TPSA) is 26.0 Å². The molecule has 0 fully saturated rings. The summed E-state index contributed by atoms with van der Waals surface area (Å²) in [6, 6.07) is 22.1. The van der Waals surface area contributed by atoms with Crippen LogP contribution in [0.15, 0.2) is 60.7 Å². The predicted octanol–water partition coefficient (Wildman–Crippen LogP) is 5.82. The summed E-state index contributed by atoms with van der Waals surface area (Å²) in [5.41, 5.74) is 5.56. The Bertz CT molecular complexity index is 569. The minimum absolute atomic E-state index is 0.836. The Morgan fingerprint density at radius 1 is 0.680 bits per heavy atom. The second kappa shape index (κ2) is 9.86. The van der Waals surface area contributed by atoms with Crippen LogP contribution in [0, 0.1) is 0 Å². The Kier molecular flexibility index (Phi) is 8.13. The molecule has 0 radical (unpaired) electrons. The van der Waals surface area contributed by atoms with E-state index in [2.05, 4.69) is 82.8 Å². The molecule has 3 heteroatoms. The molecule has 138 valence electrons. The van der Waals surface area contributed by atoms with E-state index in [0.717, 1.165) is 6.54 Å². The number of rotatable bonds is 11. The monoisotopic (exact) mass is 421 g/mol. The maximum atomic E-state index is 5.56. The third-order valence-electron chi connectivity index (χ3n) is 5.24. The van der Waals surface area contributed by atoms with Gasteiger partial charge in [-0.1, -0.05) is 0 Å². The number of halogens is 1. The first kappa shape index (κ1) is 20.6. The summed E-state index contributed by atoms with van der Waals surface area (Å²) in [7, 11) is 0. The Hall–Kier alpha value is -0.690. The molecule has 2 aromatic carbocycles. The summed E-state index contributed by atoms with van der Waals surface area (Å²) in [5.74, 6) is 0. The van der Waals surface area contributed by atoms with E-state index in [1.807, 2.05) is 0 Å². The maximum absolute atomic E-state index is 5.56. The van der Waals surface area contributed by atoms with Crippen LogP contribution in [0.4, 0.5) is 0 Å². The molecule has 0 saturated heterocycles. The van der Waals surface area contributed by atoms with Crippen LogP contribution in [0.25, 0.3) is 0 Å². The first-order valence-corrected chi connectivity index (χ1v) is 14.5. The number of unbranched alkanes of at least 4 members (excludes halogenated alkanes) is 6. The van der Waals surface area contributed by atoms with E-state index in [-0.39, 0.29) is 0 Å². The Labute approximate surface area is 162 Å². The van der Waals surface area contributed by atoms with Crippen molar-refractivity contribution in [1.82, 2.24) is 0 Å². The molecule has 1 nitrogen and oxygen atoms in total. The van der Waals surface area contributed by atoms with Gasteiger partial charge in [-0.25, -0.2) is 0 Å². The van der Waals surface area contributed by atoms with Crippen molar-refractivity contribution in [3.05, 3.63) is 60.7 Å². The van der Waals surface area contributed by atoms with Crippen LogP contribution in [-0.2, 0) is 0 Å². The average Bonchev–Trinajstić information content (AvgIpc) is 2.66. The first-order chi connectivity index (χ1) is 12.1. The standard InChI is InChI=1S/C22H33BrNP/c1-25(23,21-15-9-7-10-16-21,22-17-11-8-12-18-22)20-14-6-4-2-3-5-13-19-24/h7-12,15-18H,2-6,13-14,19-20,24H2,1H3. The minimum atomic E-state index is -2.28. The van der Waals surface area contributed by atoms with Crippen LogP contribution >= 0.6 is 20.8 Å². The molecular formula is C22H33BrNP. The molecule has 2 aromatic rings. The Morgan fingerprint density at radius 2 is 1.08 bits per heavy atom. The summed E-state index contributed by atoms with van der Waals surface area (Å²) >= 11 is 4.33. The fourth-order valence-corrected chi connectivity index (χ4v) is 9.40. The summed E-state index contributed by atoms with van der Waals surface area (Å²) in [5, 5.41) is 0.642. The van der Waals surface area contributed by atoms with Gasteiger partial charge in [0.15, 0.2) is 0 Å². The molecule has 2 rings (SSSR count). The van der Waals surface area contributed by atoms with Gasteiger partial charge in [0.05, 0.1) is 0 Å². The SMILES string of the molecule is CP(Br)(CCCCCCCCCN)(c1ccccc1)c1ccccc1. The van der Waals surface area contributed by atoms with Gasteiger partial charge in [0.25, 0.3) is 0 Å². The number of hydrogen-bond donors (Lipinski definition) is 1. The molecule has 0 atom stereocenters. The van der Waals surface area contributed by atoms with Crippen molar-refractivity contribution in [3.8, 4) is 0 Å². The van der Waals surface area contributed by atoms with Gasteiger partial charge in [-0.15, -0.1) is 0 Å². The van der Waals surface area contributed by atoms with Crippen molar-refractivity contribution in [2.75, 3.05) is 19.4 Å². The van der Waals surface area contributed by atoms with Crippen LogP contribution < -0.4 is 16.3 Å². The van der Waals surface area contributed by atoms with E-state index in [4.69, 9.17) is 5.73 Å². The zero-order chi connectivity index (χ0) is 18.0. The van der Waals surface area contributed by atoms with E-state index >= 15 is 0 Å². The molecule has 0 saturated carbocycles. The molecule has 0 amide bonds. The van der Waals surface area contributed by atoms with Crippen molar-refractivity contribution >= 4 is 31.4 Å². The van der Waals surface area contributed by atoms with Gasteiger partial charge in [0.2, 0.25) is 0 Å². The van der Waals surface area contributed by atoms with E-state index < -0.39 is 5.31 Å². The summed E-state index contributed by atoms with van der Waals surface area (Å²) in [4.78, 5) is 0. The van der Waals surface area contributed by atoms with Crippen LogP contribution in [0.5, 0.6) is 0 Å². The molecular weight excluding hydrogens is 389 g/mol. The van der Waals surface area contributed by atoms with Gasteiger partial charge >= 0.3 is 162 Å². The third-order valence-corrected chi connectivity index (χ3v) is 13.4. The van der Waals surface area contributed by atoms with E-state index in [0.29, 0.717) is 0 Å². The molecule has 0 aliphatic heterocycles. The average molecular weight is 422 g/mol. The third kappa shape index (κ3) is 5.64. The van der Waals surface area contributed by atoms with Crippen molar-refractivity contribution in [3.63, 3.8) is 0 Å². The molecule has 0 unspecified atom stereocenters. The van der Waals surface area contributed by atoms with Crippen molar-refractivity contribution in [2.45, 2.75) is 44.9 Å². The fraction of sp³-hybridized carbons (Fsp3) is 0.455. The zero-order valence-corrected chi connectivity index (χ0v) is 18.0. The predicted molar refractivity (Wildman–Crippen MR) is 120 cm³/mol. The van der Waals surface area contributed by atoms with Crippen molar-refractivity contribution in [1.29, 1.82) is 0 Å². The van der Waals surface area contributed by atoms with Crippen molar-refractivity contribution < 1.29 is 0 Å². The van der Waals surface area contributed by atoms with Gasteiger partial charge in [0, 0.05) is 0 Å². The van der Waals surface area contributed by atoms with Gasteiger partial charge in [-0.05, 0) is 0 Å². The molecule has 25 heavy (non-hydrogen) atoms. The van der Waals surface area contributed by atoms with E-state index in [1.165, 1.54) is 61.7 Å². The normalized spacial score (nSPS) is 13.3. The molecule has 0 spiro atoms. The second-order valence-corrected chi connectivity index (χ2v) is 17.8. The summed E-state index contributed by atoms with van der Waals surface area (Å²) in [6.45, 7) is 3.31.